The Morgan fingerprint density at radius 3 is 2.66 bits per heavy atom. The molecule has 1 fully saturated rings. The van der Waals surface area contributed by atoms with Gasteiger partial charge in [-0.2, -0.15) is 0 Å². The first-order valence-electron chi connectivity index (χ1n) is 11.0. The Kier molecular flexibility index (Phi) is 9.15. The molecule has 9 heteroatoms. The highest BCUT2D eigenvalue weighted by molar-refractivity contribution is 7.99. The van der Waals surface area contributed by atoms with Crippen molar-refractivity contribution in [3.05, 3.63) is 42.0 Å². The van der Waals surface area contributed by atoms with Gasteiger partial charge in [0, 0.05) is 26.2 Å². The van der Waals surface area contributed by atoms with Crippen LogP contribution in [-0.2, 0) is 16.1 Å². The zero-order valence-electron chi connectivity index (χ0n) is 18.7. The third-order valence-electron chi connectivity index (χ3n) is 5.29. The van der Waals surface area contributed by atoms with Crippen molar-refractivity contribution in [1.82, 2.24) is 20.8 Å². The summed E-state index contributed by atoms with van der Waals surface area (Å²) in [5.41, 5.74) is 1.01. The molecule has 1 aromatic carbocycles. The van der Waals surface area contributed by atoms with Gasteiger partial charge in [-0.1, -0.05) is 30.8 Å². The Balaban J connectivity index is 1.43. The Hall–Kier alpha value is -2.81. The third kappa shape index (κ3) is 7.12. The summed E-state index contributed by atoms with van der Waals surface area (Å²) in [5, 5.41) is 15.2. The van der Waals surface area contributed by atoms with Crippen molar-refractivity contribution in [2.45, 2.75) is 37.8 Å². The molecule has 1 aliphatic heterocycles. The average Bonchev–Trinajstić information content (AvgIpc) is 2.85. The first-order chi connectivity index (χ1) is 15.6. The topological polar surface area (TPSA) is 96.5 Å². The fourth-order valence-electron chi connectivity index (χ4n) is 3.48. The Morgan fingerprint density at radius 2 is 1.97 bits per heavy atom. The second-order valence-electron chi connectivity index (χ2n) is 7.72. The van der Waals surface area contributed by atoms with Gasteiger partial charge in [0.1, 0.15) is 10.8 Å². The number of nitrogens with zero attached hydrogens (tertiary/aromatic N) is 3. The molecule has 3 rings (SSSR count). The van der Waals surface area contributed by atoms with Gasteiger partial charge >= 0.3 is 0 Å². The van der Waals surface area contributed by atoms with Gasteiger partial charge in [-0.3, -0.25) is 9.59 Å². The highest BCUT2D eigenvalue weighted by Crippen LogP contribution is 2.23. The molecular formula is C23H31N5O3S. The van der Waals surface area contributed by atoms with Gasteiger partial charge < -0.3 is 20.3 Å². The molecule has 2 N–H and O–H groups in total. The lowest BCUT2D eigenvalue weighted by molar-refractivity contribution is -0.125. The van der Waals surface area contributed by atoms with Gasteiger partial charge in [-0.15, -0.1) is 10.2 Å². The highest BCUT2D eigenvalue weighted by atomic mass is 32.2. The van der Waals surface area contributed by atoms with E-state index in [1.54, 1.807) is 7.11 Å². The maximum absolute atomic E-state index is 12.3. The lowest BCUT2D eigenvalue weighted by Crippen LogP contribution is -2.43. The van der Waals surface area contributed by atoms with Crippen molar-refractivity contribution in [2.24, 2.45) is 5.92 Å². The van der Waals surface area contributed by atoms with Crippen LogP contribution in [0.3, 0.4) is 0 Å². The van der Waals surface area contributed by atoms with Gasteiger partial charge in [0.15, 0.2) is 5.82 Å². The molecule has 1 aromatic heterocycles. The van der Waals surface area contributed by atoms with E-state index in [1.165, 1.54) is 11.8 Å². The van der Waals surface area contributed by atoms with E-state index in [1.807, 2.05) is 43.3 Å². The monoisotopic (exact) mass is 457 g/mol. The van der Waals surface area contributed by atoms with Crippen molar-refractivity contribution >= 4 is 29.4 Å². The summed E-state index contributed by atoms with van der Waals surface area (Å²) in [6, 6.07) is 11.4. The maximum Gasteiger partial charge on any atom is 0.230 e. The zero-order valence-corrected chi connectivity index (χ0v) is 19.5. The molecule has 0 aliphatic carbocycles. The number of nitrogens with one attached hydrogen (secondary N) is 2. The first-order valence-corrected chi connectivity index (χ1v) is 12.0. The summed E-state index contributed by atoms with van der Waals surface area (Å²) in [5.74, 6) is 1.88. The Labute approximate surface area is 193 Å². The number of hydrogen-bond acceptors (Lipinski definition) is 7. The number of amides is 2. The standard InChI is InChI=1S/C23H31N5O3S/c1-3-12-24-23(30)18-5-4-13-28(15-18)20-10-11-22(27-26-20)32-16-21(29)25-14-17-6-8-19(31-2)9-7-17/h6-11,18H,3-5,12-16H2,1-2H3,(H,24,30)(H,25,29)/t18-/m1/s1. The second kappa shape index (κ2) is 12.3. The van der Waals surface area contributed by atoms with Crippen molar-refractivity contribution < 1.29 is 14.3 Å². The van der Waals surface area contributed by atoms with Crippen molar-refractivity contribution in [3.63, 3.8) is 0 Å². The van der Waals surface area contributed by atoms with Crippen molar-refractivity contribution in [1.29, 1.82) is 0 Å². The summed E-state index contributed by atoms with van der Waals surface area (Å²) in [7, 11) is 1.62. The summed E-state index contributed by atoms with van der Waals surface area (Å²) in [4.78, 5) is 26.6. The van der Waals surface area contributed by atoms with Crippen LogP contribution in [0.1, 0.15) is 31.7 Å². The molecule has 0 radical (unpaired) electrons. The number of aromatic nitrogens is 2. The fourth-order valence-corrected chi connectivity index (χ4v) is 4.13. The van der Waals surface area contributed by atoms with E-state index in [0.29, 0.717) is 24.7 Å². The van der Waals surface area contributed by atoms with Crippen LogP contribution in [0.2, 0.25) is 0 Å². The predicted octanol–water partition coefficient (Wildman–Crippen LogP) is 2.64. The van der Waals surface area contributed by atoms with E-state index in [9.17, 15) is 9.59 Å². The van der Waals surface area contributed by atoms with Crippen LogP contribution >= 0.6 is 11.8 Å². The lowest BCUT2D eigenvalue weighted by atomic mass is 9.97. The van der Waals surface area contributed by atoms with E-state index >= 15 is 0 Å². The van der Waals surface area contributed by atoms with Crippen LogP contribution in [0.4, 0.5) is 5.82 Å². The molecule has 1 aliphatic rings. The number of carbonyl (C=O) groups is 2. The predicted molar refractivity (Wildman–Crippen MR) is 126 cm³/mol. The molecular weight excluding hydrogens is 426 g/mol. The van der Waals surface area contributed by atoms with Crippen LogP contribution in [0, 0.1) is 5.92 Å². The molecule has 2 amide bonds. The fraction of sp³-hybridized carbons (Fsp3) is 0.478. The van der Waals surface area contributed by atoms with E-state index in [-0.39, 0.29) is 23.5 Å². The largest absolute Gasteiger partial charge is 0.497 e. The molecule has 0 bridgehead atoms. The molecule has 0 unspecified atom stereocenters. The van der Waals surface area contributed by atoms with E-state index in [4.69, 9.17) is 4.74 Å². The minimum Gasteiger partial charge on any atom is -0.497 e. The number of benzene rings is 1. The number of carbonyl (C=O) groups excluding carboxylic acids is 2. The minimum atomic E-state index is -0.0614. The van der Waals surface area contributed by atoms with Crippen LogP contribution in [0.25, 0.3) is 0 Å². The van der Waals surface area contributed by atoms with Crippen LogP contribution in [0.5, 0.6) is 5.75 Å². The molecule has 1 atom stereocenters. The van der Waals surface area contributed by atoms with E-state index in [2.05, 4.69) is 25.7 Å². The molecule has 2 heterocycles. The number of piperidine rings is 1. The summed E-state index contributed by atoms with van der Waals surface area (Å²) >= 11 is 1.35. The molecule has 32 heavy (non-hydrogen) atoms. The maximum atomic E-state index is 12.3. The number of thioether (sulfide) groups is 1. The Bertz CT molecular complexity index is 876. The average molecular weight is 458 g/mol. The summed E-state index contributed by atoms with van der Waals surface area (Å²) in [6.07, 6.45) is 2.79. The normalized spacial score (nSPS) is 15.8. The zero-order chi connectivity index (χ0) is 22.8. The first kappa shape index (κ1) is 23.8. The number of rotatable bonds is 10. The molecule has 8 nitrogen and oxygen atoms in total. The molecule has 0 spiro atoms. The van der Waals surface area contributed by atoms with Gasteiger partial charge in [0.2, 0.25) is 11.8 Å². The Morgan fingerprint density at radius 1 is 1.16 bits per heavy atom. The number of anilines is 1. The lowest BCUT2D eigenvalue weighted by Gasteiger charge is -2.32. The second-order valence-corrected chi connectivity index (χ2v) is 8.72. The van der Waals surface area contributed by atoms with Crippen LogP contribution in [0.15, 0.2) is 41.4 Å². The van der Waals surface area contributed by atoms with Crippen molar-refractivity contribution in [3.8, 4) is 5.75 Å². The number of methoxy groups -OCH3 is 1. The van der Waals surface area contributed by atoms with Crippen LogP contribution in [-0.4, -0.2) is 54.5 Å². The van der Waals surface area contributed by atoms with Gasteiger partial charge in [0.25, 0.3) is 0 Å². The third-order valence-corrected chi connectivity index (χ3v) is 6.21. The minimum absolute atomic E-state index is 0.0134. The van der Waals surface area contributed by atoms with Gasteiger partial charge in [-0.05, 0) is 49.1 Å². The SMILES string of the molecule is CCCNC(=O)[C@@H]1CCCN(c2ccc(SCC(=O)NCc3ccc(OC)cc3)nn2)C1. The quantitative estimate of drug-likeness (QED) is 0.530. The van der Waals surface area contributed by atoms with Crippen LogP contribution < -0.4 is 20.3 Å². The molecule has 0 saturated carbocycles. The molecule has 1 saturated heterocycles. The summed E-state index contributed by atoms with van der Waals surface area (Å²) < 4.78 is 5.13. The summed E-state index contributed by atoms with van der Waals surface area (Å²) in [6.45, 7) is 4.76. The number of hydrogen-bond donors (Lipinski definition) is 2. The number of ether oxygens (including phenoxy) is 1. The van der Waals surface area contributed by atoms with Crippen molar-refractivity contribution in [2.75, 3.05) is 37.4 Å². The molecule has 172 valence electrons. The van der Waals surface area contributed by atoms with Gasteiger partial charge in [-0.25, -0.2) is 0 Å². The highest BCUT2D eigenvalue weighted by Gasteiger charge is 2.26. The molecule has 2 aromatic rings. The van der Waals surface area contributed by atoms with E-state index in [0.717, 1.165) is 42.9 Å². The smallest absolute Gasteiger partial charge is 0.230 e. The van der Waals surface area contributed by atoms with E-state index < -0.39 is 0 Å². The van der Waals surface area contributed by atoms with Gasteiger partial charge in [0.05, 0.1) is 18.8 Å².